The Bertz CT molecular complexity index is 793. The number of carbonyl (C=O) groups is 2. The molecular formula is C19H20N2O4S. The average molecular weight is 372 g/mol. The Balaban J connectivity index is 1.51. The van der Waals surface area contributed by atoms with Crippen molar-refractivity contribution < 1.29 is 19.1 Å². The highest BCUT2D eigenvalue weighted by Gasteiger charge is 2.15. The Morgan fingerprint density at radius 3 is 2.73 bits per heavy atom. The smallest absolute Gasteiger partial charge is 0.251 e. The van der Waals surface area contributed by atoms with Gasteiger partial charge in [0.2, 0.25) is 5.91 Å². The van der Waals surface area contributed by atoms with Crippen LogP contribution in [0.4, 0.5) is 5.69 Å². The molecule has 0 atom stereocenters. The van der Waals surface area contributed by atoms with Gasteiger partial charge in [0.25, 0.3) is 5.91 Å². The van der Waals surface area contributed by atoms with Gasteiger partial charge in [-0.3, -0.25) is 9.59 Å². The number of amides is 2. The number of hydrogen-bond donors (Lipinski definition) is 2. The zero-order chi connectivity index (χ0) is 18.4. The summed E-state index contributed by atoms with van der Waals surface area (Å²) in [4.78, 5) is 24.9. The third-order valence-corrected chi connectivity index (χ3v) is 4.89. The average Bonchev–Trinajstić information content (AvgIpc) is 2.85. The van der Waals surface area contributed by atoms with E-state index in [-0.39, 0.29) is 11.8 Å². The van der Waals surface area contributed by atoms with Crippen LogP contribution >= 0.6 is 11.8 Å². The molecule has 0 unspecified atom stereocenters. The van der Waals surface area contributed by atoms with Crippen LogP contribution in [0, 0.1) is 0 Å². The highest BCUT2D eigenvalue weighted by Crippen LogP contribution is 2.31. The van der Waals surface area contributed by atoms with Crippen molar-refractivity contribution in [2.24, 2.45) is 0 Å². The maximum Gasteiger partial charge on any atom is 0.251 e. The molecule has 1 aliphatic rings. The molecule has 0 saturated heterocycles. The monoisotopic (exact) mass is 372 g/mol. The summed E-state index contributed by atoms with van der Waals surface area (Å²) in [6.07, 6.45) is 0.476. The van der Waals surface area contributed by atoms with Gasteiger partial charge < -0.3 is 20.1 Å². The maximum absolute atomic E-state index is 12.3. The molecule has 26 heavy (non-hydrogen) atoms. The number of fused-ring (bicyclic) bond motifs is 1. The molecule has 0 radical (unpaired) electrons. The van der Waals surface area contributed by atoms with Gasteiger partial charge in [0.15, 0.2) is 0 Å². The molecule has 2 amide bonds. The van der Waals surface area contributed by atoms with E-state index >= 15 is 0 Å². The van der Waals surface area contributed by atoms with E-state index in [1.807, 2.05) is 30.3 Å². The largest absolute Gasteiger partial charge is 0.497 e. The van der Waals surface area contributed by atoms with Gasteiger partial charge in [-0.15, -0.1) is 11.8 Å². The first kappa shape index (κ1) is 18.1. The third kappa shape index (κ3) is 4.70. The van der Waals surface area contributed by atoms with Gasteiger partial charge in [-0.25, -0.2) is 0 Å². The van der Waals surface area contributed by atoms with Crippen molar-refractivity contribution in [3.63, 3.8) is 0 Å². The van der Waals surface area contributed by atoms with Crippen molar-refractivity contribution in [2.45, 2.75) is 11.3 Å². The second kappa shape index (κ2) is 8.62. The molecule has 1 heterocycles. The van der Waals surface area contributed by atoms with E-state index in [4.69, 9.17) is 9.47 Å². The fraction of sp³-hybridized carbons (Fsp3) is 0.263. The van der Waals surface area contributed by atoms with Crippen molar-refractivity contribution in [1.82, 2.24) is 5.32 Å². The zero-order valence-corrected chi connectivity index (χ0v) is 15.2. The third-order valence-electron chi connectivity index (χ3n) is 3.82. The van der Waals surface area contributed by atoms with E-state index in [0.29, 0.717) is 36.6 Å². The van der Waals surface area contributed by atoms with E-state index in [1.54, 1.807) is 31.0 Å². The number of carbonyl (C=O) groups excluding carboxylic acids is 2. The Hall–Kier alpha value is -2.67. The number of ether oxygens (including phenoxy) is 2. The summed E-state index contributed by atoms with van der Waals surface area (Å²) < 4.78 is 10.7. The van der Waals surface area contributed by atoms with Gasteiger partial charge in [0.05, 0.1) is 19.3 Å². The van der Waals surface area contributed by atoms with Gasteiger partial charge in [-0.1, -0.05) is 0 Å². The van der Waals surface area contributed by atoms with Crippen LogP contribution in [0.15, 0.2) is 47.4 Å². The van der Waals surface area contributed by atoms with Crippen LogP contribution in [0.1, 0.15) is 16.8 Å². The topological polar surface area (TPSA) is 76.7 Å². The zero-order valence-electron chi connectivity index (χ0n) is 14.4. The molecule has 2 aromatic rings. The van der Waals surface area contributed by atoms with Crippen LogP contribution < -0.4 is 20.1 Å². The predicted octanol–water partition coefficient (Wildman–Crippen LogP) is 2.94. The van der Waals surface area contributed by atoms with Crippen LogP contribution in [0.3, 0.4) is 0 Å². The van der Waals surface area contributed by atoms with E-state index < -0.39 is 0 Å². The van der Waals surface area contributed by atoms with Crippen molar-refractivity contribution in [3.05, 3.63) is 48.0 Å². The lowest BCUT2D eigenvalue weighted by molar-refractivity contribution is -0.115. The Morgan fingerprint density at radius 1 is 1.19 bits per heavy atom. The molecule has 0 fully saturated rings. The lowest BCUT2D eigenvalue weighted by Crippen LogP contribution is -2.28. The lowest BCUT2D eigenvalue weighted by atomic mass is 10.2. The van der Waals surface area contributed by atoms with Crippen LogP contribution in [-0.4, -0.2) is 37.8 Å². The molecule has 7 heteroatoms. The Labute approximate surface area is 156 Å². The Kier molecular flexibility index (Phi) is 6.01. The molecule has 2 N–H and O–H groups in total. The molecule has 1 aliphatic heterocycles. The minimum absolute atomic E-state index is 0.0262. The first-order chi connectivity index (χ1) is 12.7. The summed E-state index contributed by atoms with van der Waals surface area (Å²) in [6.45, 7) is 0.735. The van der Waals surface area contributed by atoms with E-state index in [9.17, 15) is 9.59 Å². The van der Waals surface area contributed by atoms with Crippen LogP contribution in [0.2, 0.25) is 0 Å². The molecule has 2 aromatic carbocycles. The lowest BCUT2D eigenvalue weighted by Gasteiger charge is -2.10. The summed E-state index contributed by atoms with van der Waals surface area (Å²) >= 11 is 1.61. The summed E-state index contributed by atoms with van der Waals surface area (Å²) in [5, 5.41) is 5.66. The number of thioether (sulfide) groups is 1. The minimum atomic E-state index is -0.199. The molecule has 6 nitrogen and oxygen atoms in total. The summed E-state index contributed by atoms with van der Waals surface area (Å²) in [5.74, 6) is 1.99. The van der Waals surface area contributed by atoms with Crippen LogP contribution in [0.25, 0.3) is 0 Å². The number of hydrogen-bond acceptors (Lipinski definition) is 5. The van der Waals surface area contributed by atoms with Gasteiger partial charge in [-0.05, 0) is 42.5 Å². The molecule has 0 bridgehead atoms. The summed E-state index contributed by atoms with van der Waals surface area (Å²) in [5.41, 5.74) is 1.20. The Morgan fingerprint density at radius 2 is 1.96 bits per heavy atom. The SMILES string of the molecule is COc1ccc(OCCNC(=O)c2ccc3c(c2)NC(=O)CCS3)cc1. The molecule has 136 valence electrons. The van der Waals surface area contributed by atoms with Crippen molar-refractivity contribution in [2.75, 3.05) is 31.3 Å². The normalized spacial score (nSPS) is 13.2. The summed E-state index contributed by atoms with van der Waals surface area (Å²) in [6, 6.07) is 12.6. The molecule has 0 aliphatic carbocycles. The highest BCUT2D eigenvalue weighted by atomic mass is 32.2. The quantitative estimate of drug-likeness (QED) is 0.763. The first-order valence-corrected chi connectivity index (χ1v) is 9.26. The number of rotatable bonds is 6. The standard InChI is InChI=1S/C19H20N2O4S/c1-24-14-3-5-15(6-4-14)25-10-9-20-19(23)13-2-7-17-16(12-13)21-18(22)8-11-26-17/h2-7,12H,8-11H2,1H3,(H,20,23)(H,21,22). The fourth-order valence-electron chi connectivity index (χ4n) is 2.47. The van der Waals surface area contributed by atoms with E-state index in [2.05, 4.69) is 10.6 Å². The number of anilines is 1. The highest BCUT2D eigenvalue weighted by molar-refractivity contribution is 7.99. The van der Waals surface area contributed by atoms with Crippen molar-refractivity contribution >= 4 is 29.3 Å². The van der Waals surface area contributed by atoms with Crippen LogP contribution in [-0.2, 0) is 4.79 Å². The van der Waals surface area contributed by atoms with Gasteiger partial charge in [0.1, 0.15) is 18.1 Å². The van der Waals surface area contributed by atoms with Crippen LogP contribution in [0.5, 0.6) is 11.5 Å². The van der Waals surface area contributed by atoms with E-state index in [1.165, 1.54) is 0 Å². The molecule has 3 rings (SSSR count). The second-order valence-corrected chi connectivity index (χ2v) is 6.77. The second-order valence-electron chi connectivity index (χ2n) is 5.64. The molecule has 0 aromatic heterocycles. The number of benzene rings is 2. The molecular weight excluding hydrogens is 352 g/mol. The summed E-state index contributed by atoms with van der Waals surface area (Å²) in [7, 11) is 1.61. The minimum Gasteiger partial charge on any atom is -0.497 e. The number of nitrogens with one attached hydrogen (secondary N) is 2. The fourth-order valence-corrected chi connectivity index (χ4v) is 3.41. The maximum atomic E-state index is 12.3. The van der Waals surface area contributed by atoms with E-state index in [0.717, 1.165) is 16.4 Å². The van der Waals surface area contributed by atoms with Crippen molar-refractivity contribution in [1.29, 1.82) is 0 Å². The van der Waals surface area contributed by atoms with Gasteiger partial charge in [-0.2, -0.15) is 0 Å². The molecule has 0 spiro atoms. The van der Waals surface area contributed by atoms with Crippen molar-refractivity contribution in [3.8, 4) is 11.5 Å². The predicted molar refractivity (Wildman–Crippen MR) is 101 cm³/mol. The van der Waals surface area contributed by atoms with Gasteiger partial charge in [0, 0.05) is 22.6 Å². The molecule has 0 saturated carbocycles. The van der Waals surface area contributed by atoms with Gasteiger partial charge >= 0.3 is 0 Å². The first-order valence-electron chi connectivity index (χ1n) is 8.27. The number of methoxy groups -OCH3 is 1.